The summed E-state index contributed by atoms with van der Waals surface area (Å²) in [5.74, 6) is 5.30. The fourth-order valence-corrected chi connectivity index (χ4v) is 4.16. The molecule has 1 saturated heterocycles. The minimum atomic E-state index is -0.986. The van der Waals surface area contributed by atoms with E-state index in [9.17, 15) is 14.7 Å². The van der Waals surface area contributed by atoms with Gasteiger partial charge in [0.25, 0.3) is 0 Å². The number of fused-ring (bicyclic) bond motifs is 1. The van der Waals surface area contributed by atoms with Gasteiger partial charge in [-0.2, -0.15) is 0 Å². The maximum atomic E-state index is 12.5. The minimum absolute atomic E-state index is 0.170. The molecule has 186 valence electrons. The van der Waals surface area contributed by atoms with Crippen molar-refractivity contribution in [2.24, 2.45) is 0 Å². The molecular weight excluding hydrogens is 472 g/mol. The van der Waals surface area contributed by atoms with Gasteiger partial charge in [-0.15, -0.1) is 0 Å². The van der Waals surface area contributed by atoms with Crippen LogP contribution in [0, 0.1) is 18.8 Å². The second-order valence-electron chi connectivity index (χ2n) is 8.96. The Kier molecular flexibility index (Phi) is 6.38. The van der Waals surface area contributed by atoms with Crippen molar-refractivity contribution in [1.82, 2.24) is 5.16 Å². The summed E-state index contributed by atoms with van der Waals surface area (Å²) < 4.78 is 16.0. The van der Waals surface area contributed by atoms with Gasteiger partial charge in [-0.25, -0.2) is 4.79 Å². The lowest BCUT2D eigenvalue weighted by molar-refractivity contribution is -0.163. The molecule has 2 N–H and O–H groups in total. The average molecular weight is 497 g/mol. The Labute approximate surface area is 213 Å². The van der Waals surface area contributed by atoms with Gasteiger partial charge in [-0.05, 0) is 59.9 Å². The minimum Gasteiger partial charge on any atom is -0.480 e. The van der Waals surface area contributed by atoms with Crippen molar-refractivity contribution in [2.75, 3.05) is 18.5 Å². The molecule has 8 nitrogen and oxygen atoms in total. The molecular formula is C29H24N2O6. The number of anilines is 1. The first-order chi connectivity index (χ1) is 17.9. The third-order valence-electron chi connectivity index (χ3n) is 6.46. The number of rotatable bonds is 5. The second kappa shape index (κ2) is 9.80. The molecule has 0 bridgehead atoms. The molecule has 1 fully saturated rings. The van der Waals surface area contributed by atoms with E-state index < -0.39 is 23.6 Å². The van der Waals surface area contributed by atoms with Gasteiger partial charge in [0, 0.05) is 5.56 Å². The standard InChI is InChI=1S/C29H24N2O6/c1-18-26(30-28(34)36-19(2)21-6-4-3-5-7-21)25(37-31-18)13-9-20-8-10-23-15-24(12-11-22(23)14-20)29(27(32)33)16-35-17-29/h3-8,10-12,14-15,19H,16-17H2,1-2H3,(H,30,34)(H,32,33). The van der Waals surface area contributed by atoms with Crippen molar-refractivity contribution < 1.29 is 28.7 Å². The predicted octanol–water partition coefficient (Wildman–Crippen LogP) is 5.20. The first kappa shape index (κ1) is 24.1. The predicted molar refractivity (Wildman–Crippen MR) is 136 cm³/mol. The van der Waals surface area contributed by atoms with E-state index in [-0.39, 0.29) is 19.0 Å². The van der Waals surface area contributed by atoms with Crippen LogP contribution in [0.25, 0.3) is 10.8 Å². The Morgan fingerprint density at radius 2 is 1.78 bits per heavy atom. The lowest BCUT2D eigenvalue weighted by atomic mass is 9.78. The summed E-state index contributed by atoms with van der Waals surface area (Å²) in [7, 11) is 0. The van der Waals surface area contributed by atoms with Crippen molar-refractivity contribution in [3.05, 3.63) is 94.9 Å². The highest BCUT2D eigenvalue weighted by Crippen LogP contribution is 2.34. The lowest BCUT2D eigenvalue weighted by Gasteiger charge is -2.37. The van der Waals surface area contributed by atoms with E-state index in [1.54, 1.807) is 13.8 Å². The molecule has 1 amide bonds. The fraction of sp³-hybridized carbons (Fsp3) is 0.207. The zero-order valence-electron chi connectivity index (χ0n) is 20.3. The number of benzene rings is 3. The molecule has 1 aliphatic rings. The molecule has 1 atom stereocenters. The highest BCUT2D eigenvalue weighted by molar-refractivity contribution is 5.89. The van der Waals surface area contributed by atoms with Crippen molar-refractivity contribution in [3.63, 3.8) is 0 Å². The van der Waals surface area contributed by atoms with E-state index in [4.69, 9.17) is 14.0 Å². The SMILES string of the molecule is Cc1noc(C#Cc2ccc3cc(C4(C(=O)O)COC4)ccc3c2)c1NC(=O)OC(C)c1ccccc1. The number of aromatic nitrogens is 1. The second-order valence-corrected chi connectivity index (χ2v) is 8.96. The quantitative estimate of drug-likeness (QED) is 0.366. The molecule has 0 saturated carbocycles. The van der Waals surface area contributed by atoms with Crippen LogP contribution in [0.5, 0.6) is 0 Å². The molecule has 4 aromatic rings. The molecule has 5 rings (SSSR count). The fourth-order valence-electron chi connectivity index (χ4n) is 4.16. The first-order valence-corrected chi connectivity index (χ1v) is 11.7. The van der Waals surface area contributed by atoms with Gasteiger partial charge < -0.3 is 19.1 Å². The molecule has 0 aliphatic carbocycles. The van der Waals surface area contributed by atoms with Crippen LogP contribution in [0.15, 0.2) is 71.3 Å². The number of carbonyl (C=O) groups is 2. The molecule has 1 unspecified atom stereocenters. The van der Waals surface area contributed by atoms with Gasteiger partial charge >= 0.3 is 12.1 Å². The van der Waals surface area contributed by atoms with Crippen molar-refractivity contribution >= 4 is 28.5 Å². The van der Waals surface area contributed by atoms with Crippen LogP contribution < -0.4 is 5.32 Å². The molecule has 8 heteroatoms. The van der Waals surface area contributed by atoms with Gasteiger partial charge in [0.15, 0.2) is 0 Å². The molecule has 37 heavy (non-hydrogen) atoms. The van der Waals surface area contributed by atoms with Gasteiger partial charge in [0.1, 0.15) is 22.9 Å². The van der Waals surface area contributed by atoms with E-state index in [0.29, 0.717) is 11.4 Å². The number of hydrogen-bond donors (Lipinski definition) is 2. The average Bonchev–Trinajstić information content (AvgIpc) is 3.21. The number of aliphatic carboxylic acids is 1. The number of aryl methyl sites for hydroxylation is 1. The van der Waals surface area contributed by atoms with Crippen LogP contribution in [-0.4, -0.2) is 35.5 Å². The third kappa shape index (κ3) is 4.77. The van der Waals surface area contributed by atoms with Crippen molar-refractivity contribution in [1.29, 1.82) is 0 Å². The maximum Gasteiger partial charge on any atom is 0.412 e. The van der Waals surface area contributed by atoms with E-state index in [2.05, 4.69) is 22.3 Å². The Morgan fingerprint density at radius 3 is 2.49 bits per heavy atom. The number of ether oxygens (including phenoxy) is 2. The molecule has 0 spiro atoms. The Balaban J connectivity index is 1.33. The number of nitrogens with one attached hydrogen (secondary N) is 1. The van der Waals surface area contributed by atoms with Crippen LogP contribution in [0.3, 0.4) is 0 Å². The number of carbonyl (C=O) groups excluding carboxylic acids is 1. The molecule has 1 aromatic heterocycles. The zero-order chi connectivity index (χ0) is 26.0. The molecule has 3 aromatic carbocycles. The smallest absolute Gasteiger partial charge is 0.412 e. The largest absolute Gasteiger partial charge is 0.480 e. The Morgan fingerprint density at radius 1 is 1.05 bits per heavy atom. The summed E-state index contributed by atoms with van der Waals surface area (Å²) in [6.07, 6.45) is -1.07. The van der Waals surface area contributed by atoms with E-state index in [0.717, 1.165) is 27.5 Å². The van der Waals surface area contributed by atoms with Gasteiger partial charge in [0.2, 0.25) is 5.76 Å². The summed E-state index contributed by atoms with van der Waals surface area (Å²) in [5.41, 5.74) is 2.17. The Bertz CT molecular complexity index is 1540. The van der Waals surface area contributed by atoms with Gasteiger partial charge in [-0.3, -0.25) is 10.1 Å². The highest BCUT2D eigenvalue weighted by Gasteiger charge is 2.47. The van der Waals surface area contributed by atoms with Crippen LogP contribution in [0.2, 0.25) is 0 Å². The summed E-state index contributed by atoms with van der Waals surface area (Å²) in [5, 5.41) is 18.1. The van der Waals surface area contributed by atoms with E-state index in [1.807, 2.05) is 66.7 Å². The van der Waals surface area contributed by atoms with Crippen LogP contribution >= 0.6 is 0 Å². The molecule has 0 radical (unpaired) electrons. The summed E-state index contributed by atoms with van der Waals surface area (Å²) >= 11 is 0. The zero-order valence-corrected chi connectivity index (χ0v) is 20.3. The maximum absolute atomic E-state index is 12.5. The lowest BCUT2D eigenvalue weighted by Crippen LogP contribution is -2.53. The monoisotopic (exact) mass is 496 g/mol. The normalized spacial score (nSPS) is 14.6. The van der Waals surface area contributed by atoms with Crippen LogP contribution in [-0.2, 0) is 19.7 Å². The molecule has 1 aliphatic heterocycles. The first-order valence-electron chi connectivity index (χ1n) is 11.7. The highest BCUT2D eigenvalue weighted by atomic mass is 16.6. The summed E-state index contributed by atoms with van der Waals surface area (Å²) in [6.45, 7) is 3.84. The topological polar surface area (TPSA) is 111 Å². The van der Waals surface area contributed by atoms with E-state index in [1.165, 1.54) is 0 Å². The van der Waals surface area contributed by atoms with Crippen molar-refractivity contribution in [2.45, 2.75) is 25.4 Å². The third-order valence-corrected chi connectivity index (χ3v) is 6.46. The number of nitrogens with zero attached hydrogens (tertiary/aromatic N) is 1. The number of hydrogen-bond acceptors (Lipinski definition) is 6. The van der Waals surface area contributed by atoms with Crippen LogP contribution in [0.4, 0.5) is 10.5 Å². The van der Waals surface area contributed by atoms with Crippen LogP contribution in [0.1, 0.15) is 41.2 Å². The number of carboxylic acid groups (broad SMARTS) is 1. The van der Waals surface area contributed by atoms with Crippen molar-refractivity contribution in [3.8, 4) is 11.8 Å². The molecule has 2 heterocycles. The number of carboxylic acids is 1. The van der Waals surface area contributed by atoms with E-state index >= 15 is 0 Å². The summed E-state index contributed by atoms with van der Waals surface area (Å²) in [4.78, 5) is 24.3. The Hall–Kier alpha value is -4.61. The summed E-state index contributed by atoms with van der Waals surface area (Å²) in [6, 6.07) is 20.7. The van der Waals surface area contributed by atoms with Gasteiger partial charge in [0.05, 0.1) is 13.2 Å². The number of amides is 1. The van der Waals surface area contributed by atoms with Gasteiger partial charge in [-0.1, -0.05) is 59.6 Å².